The number of benzene rings is 8. The summed E-state index contributed by atoms with van der Waals surface area (Å²) in [4.78, 5) is 2.38. The Morgan fingerprint density at radius 1 is 0.400 bits per heavy atom. The molecule has 8 aromatic carbocycles. The van der Waals surface area contributed by atoms with E-state index in [4.69, 9.17) is 0 Å². The highest BCUT2D eigenvalue weighted by Crippen LogP contribution is 2.54. The molecule has 8 aromatic rings. The summed E-state index contributed by atoms with van der Waals surface area (Å²) in [6.45, 7) is 11.5. The number of anilines is 3. The molecule has 1 heteroatoms. The monoisotopic (exact) mass is 775 g/mol. The van der Waals surface area contributed by atoms with Gasteiger partial charge in [-0.05, 0) is 133 Å². The molecule has 0 aliphatic heterocycles. The quantitative estimate of drug-likeness (QED) is 0.125. The molecule has 0 saturated heterocycles. The molecular weight excluding hydrogens is 723 g/mol. The number of rotatable bonds is 10. The van der Waals surface area contributed by atoms with Gasteiger partial charge in [0.2, 0.25) is 0 Å². The summed E-state index contributed by atoms with van der Waals surface area (Å²) in [5.41, 5.74) is 20.2. The van der Waals surface area contributed by atoms with Crippen LogP contribution < -0.4 is 4.90 Å². The van der Waals surface area contributed by atoms with Crippen molar-refractivity contribution >= 4 is 29.2 Å². The molecule has 0 spiro atoms. The summed E-state index contributed by atoms with van der Waals surface area (Å²) >= 11 is 0. The van der Waals surface area contributed by atoms with Crippen LogP contribution in [0.25, 0.3) is 56.7 Å². The smallest absolute Gasteiger partial charge is 0.0465 e. The standard InChI is InChI=1S/C59H53N/c1-6-59(7-2)56-39-43(27-36-53(56)54-38-35-51(41-57(54)59)60(49-19-13-9-14-20-49)50-21-15-10-16-22-50)24-23-42-25-28-46(29-26-42)55-40-47(44-17-11-8-12-18-44)32-37-52(55)45-30-33-48(34-31-45)58(3,4)5/h8-41H,6-7H2,1-5H3/b24-23+. The molecular formula is C59H53N. The molecule has 0 aromatic heterocycles. The van der Waals surface area contributed by atoms with Crippen molar-refractivity contribution < 1.29 is 0 Å². The largest absolute Gasteiger partial charge is 0.310 e. The van der Waals surface area contributed by atoms with E-state index < -0.39 is 0 Å². The second-order valence-electron chi connectivity index (χ2n) is 17.2. The zero-order valence-corrected chi connectivity index (χ0v) is 35.5. The van der Waals surface area contributed by atoms with Crippen LogP contribution in [0.15, 0.2) is 194 Å². The van der Waals surface area contributed by atoms with Crippen molar-refractivity contribution in [3.8, 4) is 44.5 Å². The van der Waals surface area contributed by atoms with Crippen molar-refractivity contribution in [1.29, 1.82) is 0 Å². The predicted molar refractivity (Wildman–Crippen MR) is 258 cm³/mol. The van der Waals surface area contributed by atoms with Crippen LogP contribution in [0, 0.1) is 0 Å². The maximum atomic E-state index is 2.46. The van der Waals surface area contributed by atoms with Gasteiger partial charge in [0, 0.05) is 22.5 Å². The molecule has 0 unspecified atom stereocenters. The molecule has 1 aliphatic carbocycles. The summed E-state index contributed by atoms with van der Waals surface area (Å²) in [5, 5.41) is 0. The van der Waals surface area contributed by atoms with Crippen LogP contribution in [-0.4, -0.2) is 0 Å². The molecule has 0 bridgehead atoms. The van der Waals surface area contributed by atoms with Gasteiger partial charge in [-0.1, -0.05) is 198 Å². The Morgan fingerprint density at radius 2 is 0.883 bits per heavy atom. The Balaban J connectivity index is 1.03. The molecule has 60 heavy (non-hydrogen) atoms. The summed E-state index contributed by atoms with van der Waals surface area (Å²) in [7, 11) is 0. The van der Waals surface area contributed by atoms with Crippen molar-refractivity contribution in [2.45, 2.75) is 58.3 Å². The van der Waals surface area contributed by atoms with Crippen molar-refractivity contribution in [2.24, 2.45) is 0 Å². The first-order valence-corrected chi connectivity index (χ1v) is 21.5. The van der Waals surface area contributed by atoms with Gasteiger partial charge in [-0.25, -0.2) is 0 Å². The third-order valence-corrected chi connectivity index (χ3v) is 12.7. The van der Waals surface area contributed by atoms with Crippen molar-refractivity contribution in [1.82, 2.24) is 0 Å². The van der Waals surface area contributed by atoms with Gasteiger partial charge in [-0.3, -0.25) is 0 Å². The van der Waals surface area contributed by atoms with Gasteiger partial charge in [-0.15, -0.1) is 0 Å². The van der Waals surface area contributed by atoms with E-state index in [9.17, 15) is 0 Å². The normalized spacial score (nSPS) is 12.9. The molecule has 294 valence electrons. The van der Waals surface area contributed by atoms with E-state index in [0.717, 1.165) is 24.2 Å². The fourth-order valence-electron chi connectivity index (χ4n) is 9.32. The molecule has 1 aliphatic rings. The summed E-state index contributed by atoms with van der Waals surface area (Å²) in [6.07, 6.45) is 6.61. The number of fused-ring (bicyclic) bond motifs is 3. The van der Waals surface area contributed by atoms with Gasteiger partial charge in [0.1, 0.15) is 0 Å². The van der Waals surface area contributed by atoms with Crippen molar-refractivity contribution in [2.75, 3.05) is 4.90 Å². The third kappa shape index (κ3) is 7.30. The van der Waals surface area contributed by atoms with E-state index in [1.165, 1.54) is 78.0 Å². The number of nitrogens with zero attached hydrogens (tertiary/aromatic N) is 1. The Hall–Kier alpha value is -6.70. The second-order valence-corrected chi connectivity index (χ2v) is 17.2. The van der Waals surface area contributed by atoms with Crippen molar-refractivity contribution in [3.63, 3.8) is 0 Å². The van der Waals surface area contributed by atoms with Gasteiger partial charge in [0.25, 0.3) is 0 Å². The van der Waals surface area contributed by atoms with Crippen LogP contribution in [0.3, 0.4) is 0 Å². The number of hydrogen-bond acceptors (Lipinski definition) is 1. The lowest BCUT2D eigenvalue weighted by Gasteiger charge is -2.32. The first kappa shape index (κ1) is 38.8. The fraction of sp³-hybridized carbons (Fsp3) is 0.153. The first-order valence-electron chi connectivity index (χ1n) is 21.5. The van der Waals surface area contributed by atoms with Crippen molar-refractivity contribution in [3.05, 3.63) is 222 Å². The molecule has 0 atom stereocenters. The van der Waals surface area contributed by atoms with E-state index in [-0.39, 0.29) is 10.8 Å². The minimum Gasteiger partial charge on any atom is -0.310 e. The average Bonchev–Trinajstić information content (AvgIpc) is 3.57. The lowest BCUT2D eigenvalue weighted by molar-refractivity contribution is 0.490. The summed E-state index contributed by atoms with van der Waals surface area (Å²) < 4.78 is 0. The highest BCUT2D eigenvalue weighted by molar-refractivity contribution is 5.89. The first-order chi connectivity index (χ1) is 29.3. The highest BCUT2D eigenvalue weighted by Gasteiger charge is 2.41. The van der Waals surface area contributed by atoms with E-state index in [0.29, 0.717) is 0 Å². The lowest BCUT2D eigenvalue weighted by Crippen LogP contribution is -2.23. The van der Waals surface area contributed by atoms with E-state index in [1.54, 1.807) is 0 Å². The molecule has 0 N–H and O–H groups in total. The van der Waals surface area contributed by atoms with Crippen LogP contribution in [0.1, 0.15) is 75.3 Å². The maximum absolute atomic E-state index is 2.46. The second kappa shape index (κ2) is 16.2. The fourth-order valence-corrected chi connectivity index (χ4v) is 9.32. The summed E-state index contributed by atoms with van der Waals surface area (Å²) in [5.74, 6) is 0. The van der Waals surface area contributed by atoms with Gasteiger partial charge in [0.05, 0.1) is 0 Å². The number of para-hydroxylation sites is 2. The topological polar surface area (TPSA) is 3.24 Å². The van der Waals surface area contributed by atoms with E-state index >= 15 is 0 Å². The lowest BCUT2D eigenvalue weighted by atomic mass is 9.73. The minimum absolute atomic E-state index is 0.0652. The zero-order chi connectivity index (χ0) is 41.3. The van der Waals surface area contributed by atoms with E-state index in [1.807, 2.05) is 0 Å². The highest BCUT2D eigenvalue weighted by atomic mass is 15.1. The average molecular weight is 776 g/mol. The van der Waals surface area contributed by atoms with Crippen LogP contribution in [0.4, 0.5) is 17.1 Å². The Bertz CT molecular complexity index is 2730. The SMILES string of the molecule is CCC1(CC)c2cc(/C=C/c3ccc(-c4cc(-c5ccccc5)ccc4-c4ccc(C(C)(C)C)cc4)cc3)ccc2-c2ccc(N(c3ccccc3)c3ccccc3)cc21. The van der Waals surface area contributed by atoms with Gasteiger partial charge in [0.15, 0.2) is 0 Å². The van der Waals surface area contributed by atoms with Crippen LogP contribution in [0.2, 0.25) is 0 Å². The van der Waals surface area contributed by atoms with Crippen LogP contribution in [-0.2, 0) is 10.8 Å². The summed E-state index contributed by atoms with van der Waals surface area (Å²) in [6, 6.07) is 71.4. The molecule has 0 radical (unpaired) electrons. The Labute approximate surface area is 357 Å². The molecule has 0 amide bonds. The maximum Gasteiger partial charge on any atom is 0.0465 e. The molecule has 1 nitrogen and oxygen atoms in total. The van der Waals surface area contributed by atoms with Crippen LogP contribution in [0.5, 0.6) is 0 Å². The zero-order valence-electron chi connectivity index (χ0n) is 35.5. The Kier molecular flexibility index (Phi) is 10.4. The number of hydrogen-bond donors (Lipinski definition) is 0. The molecule has 0 heterocycles. The van der Waals surface area contributed by atoms with Gasteiger partial charge in [-0.2, -0.15) is 0 Å². The molecule has 0 fully saturated rings. The molecule has 0 saturated carbocycles. The Morgan fingerprint density at radius 3 is 1.48 bits per heavy atom. The van der Waals surface area contributed by atoms with Gasteiger partial charge < -0.3 is 4.90 Å². The molecule has 9 rings (SSSR count). The third-order valence-electron chi connectivity index (χ3n) is 12.7. The van der Waals surface area contributed by atoms with E-state index in [2.05, 4.69) is 246 Å². The van der Waals surface area contributed by atoms with Crippen LogP contribution >= 0.6 is 0 Å². The minimum atomic E-state index is -0.0652. The predicted octanol–water partition coefficient (Wildman–Crippen LogP) is 16.7. The van der Waals surface area contributed by atoms with Gasteiger partial charge >= 0.3 is 0 Å².